The van der Waals surface area contributed by atoms with E-state index in [1.807, 2.05) is 0 Å². The molecule has 1 fully saturated rings. The van der Waals surface area contributed by atoms with Gasteiger partial charge in [-0.05, 0) is 31.4 Å². The zero-order chi connectivity index (χ0) is 13.1. The second-order valence-corrected chi connectivity index (χ2v) is 5.05. The summed E-state index contributed by atoms with van der Waals surface area (Å²) in [5.41, 5.74) is 6.10. The summed E-state index contributed by atoms with van der Waals surface area (Å²) < 4.78 is 13.5. The number of hydrogen-bond donors (Lipinski definition) is 2. The molecule has 1 aliphatic carbocycles. The molecule has 1 aromatic rings. The topological polar surface area (TPSA) is 55.1 Å². The Morgan fingerprint density at radius 3 is 2.89 bits per heavy atom. The van der Waals surface area contributed by atoms with Crippen molar-refractivity contribution in [1.82, 2.24) is 5.32 Å². The highest BCUT2D eigenvalue weighted by Gasteiger charge is 2.25. The van der Waals surface area contributed by atoms with Gasteiger partial charge in [-0.1, -0.05) is 17.7 Å². The molecule has 0 saturated heterocycles. The Morgan fingerprint density at radius 2 is 2.28 bits per heavy atom. The average molecular weight is 271 g/mol. The lowest BCUT2D eigenvalue weighted by molar-refractivity contribution is -0.121. The van der Waals surface area contributed by atoms with Crippen molar-refractivity contribution in [3.8, 4) is 0 Å². The van der Waals surface area contributed by atoms with Crippen LogP contribution in [0.4, 0.5) is 4.39 Å². The summed E-state index contributed by atoms with van der Waals surface area (Å²) in [7, 11) is 0. The first-order valence-corrected chi connectivity index (χ1v) is 6.43. The van der Waals surface area contributed by atoms with Crippen LogP contribution in [0.15, 0.2) is 18.2 Å². The summed E-state index contributed by atoms with van der Waals surface area (Å²) in [6, 6.07) is 4.41. The van der Waals surface area contributed by atoms with E-state index in [1.54, 1.807) is 6.07 Å². The highest BCUT2D eigenvalue weighted by atomic mass is 35.5. The molecule has 0 aliphatic heterocycles. The first-order chi connectivity index (χ1) is 8.58. The van der Waals surface area contributed by atoms with Gasteiger partial charge in [-0.25, -0.2) is 4.39 Å². The van der Waals surface area contributed by atoms with Gasteiger partial charge in [-0.2, -0.15) is 0 Å². The predicted molar refractivity (Wildman–Crippen MR) is 68.9 cm³/mol. The summed E-state index contributed by atoms with van der Waals surface area (Å²) in [4.78, 5) is 11.8. The van der Waals surface area contributed by atoms with E-state index in [4.69, 9.17) is 17.3 Å². The van der Waals surface area contributed by atoms with E-state index in [2.05, 4.69) is 5.32 Å². The summed E-state index contributed by atoms with van der Waals surface area (Å²) in [6.45, 7) is 0. The Morgan fingerprint density at radius 1 is 1.50 bits per heavy atom. The van der Waals surface area contributed by atoms with Crippen LogP contribution in [0.1, 0.15) is 24.8 Å². The Kier molecular flexibility index (Phi) is 4.19. The van der Waals surface area contributed by atoms with Gasteiger partial charge in [-0.3, -0.25) is 4.79 Å². The van der Waals surface area contributed by atoms with Crippen molar-refractivity contribution in [2.24, 2.45) is 5.73 Å². The summed E-state index contributed by atoms with van der Waals surface area (Å²) in [5, 5.41) is 3.12. The van der Waals surface area contributed by atoms with E-state index in [-0.39, 0.29) is 35.0 Å². The number of hydrogen-bond acceptors (Lipinski definition) is 2. The van der Waals surface area contributed by atoms with Gasteiger partial charge in [0, 0.05) is 22.7 Å². The SMILES string of the molecule is NC1CCCC1NC(=O)Cc1c(F)cccc1Cl. The summed E-state index contributed by atoms with van der Waals surface area (Å²) in [6.07, 6.45) is 2.78. The smallest absolute Gasteiger partial charge is 0.224 e. The molecule has 2 rings (SSSR count). The largest absolute Gasteiger partial charge is 0.352 e. The molecule has 1 aliphatic rings. The molecule has 0 bridgehead atoms. The number of nitrogens with one attached hydrogen (secondary N) is 1. The number of nitrogens with two attached hydrogens (primary N) is 1. The molecule has 0 spiro atoms. The van der Waals surface area contributed by atoms with Gasteiger partial charge in [0.2, 0.25) is 5.91 Å². The van der Waals surface area contributed by atoms with Crippen molar-refractivity contribution in [2.75, 3.05) is 0 Å². The van der Waals surface area contributed by atoms with E-state index >= 15 is 0 Å². The maximum absolute atomic E-state index is 13.5. The van der Waals surface area contributed by atoms with Gasteiger partial charge >= 0.3 is 0 Å². The minimum Gasteiger partial charge on any atom is -0.352 e. The standard InChI is InChI=1S/C13H16ClFN2O/c14-9-3-1-4-10(15)8(9)7-13(18)17-12-6-2-5-11(12)16/h1,3-4,11-12H,2,5-7,16H2,(H,17,18). The maximum Gasteiger partial charge on any atom is 0.224 e. The van der Waals surface area contributed by atoms with Crippen LogP contribution in [0.3, 0.4) is 0 Å². The zero-order valence-corrected chi connectivity index (χ0v) is 10.7. The summed E-state index contributed by atoms with van der Waals surface area (Å²) >= 11 is 5.87. The van der Waals surface area contributed by atoms with Gasteiger partial charge in [0.05, 0.1) is 6.42 Å². The lowest BCUT2D eigenvalue weighted by Gasteiger charge is -2.17. The van der Waals surface area contributed by atoms with Crippen molar-refractivity contribution >= 4 is 17.5 Å². The molecule has 3 nitrogen and oxygen atoms in total. The van der Waals surface area contributed by atoms with Crippen LogP contribution in [0, 0.1) is 5.82 Å². The predicted octanol–water partition coefficient (Wildman–Crippen LogP) is 2.02. The monoisotopic (exact) mass is 270 g/mol. The van der Waals surface area contributed by atoms with Crippen molar-refractivity contribution in [3.05, 3.63) is 34.6 Å². The molecule has 2 unspecified atom stereocenters. The fraction of sp³-hybridized carbons (Fsp3) is 0.462. The Bertz CT molecular complexity index is 432. The molecule has 2 atom stereocenters. The third-order valence-corrected chi connectivity index (χ3v) is 3.67. The molecule has 0 aromatic heterocycles. The maximum atomic E-state index is 13.5. The molecule has 1 aromatic carbocycles. The third-order valence-electron chi connectivity index (χ3n) is 3.31. The van der Waals surface area contributed by atoms with E-state index in [0.717, 1.165) is 19.3 Å². The van der Waals surface area contributed by atoms with Gasteiger partial charge in [0.25, 0.3) is 0 Å². The Hall–Kier alpha value is -1.13. The zero-order valence-electron chi connectivity index (χ0n) is 9.96. The van der Waals surface area contributed by atoms with E-state index in [0.29, 0.717) is 0 Å². The second kappa shape index (κ2) is 5.67. The van der Waals surface area contributed by atoms with Gasteiger partial charge in [-0.15, -0.1) is 0 Å². The molecule has 1 saturated carbocycles. The van der Waals surface area contributed by atoms with Crippen LogP contribution in [0.5, 0.6) is 0 Å². The first kappa shape index (κ1) is 13.3. The van der Waals surface area contributed by atoms with Crippen molar-refractivity contribution in [2.45, 2.75) is 37.8 Å². The number of rotatable bonds is 3. The normalized spacial score (nSPS) is 23.1. The Labute approximate surface area is 111 Å². The molecule has 18 heavy (non-hydrogen) atoms. The van der Waals surface area contributed by atoms with E-state index in [1.165, 1.54) is 12.1 Å². The molecule has 0 heterocycles. The average Bonchev–Trinajstić information content (AvgIpc) is 2.70. The van der Waals surface area contributed by atoms with Gasteiger partial charge in [0.15, 0.2) is 0 Å². The lowest BCUT2D eigenvalue weighted by Crippen LogP contribution is -2.44. The minimum absolute atomic E-state index is 0.00282. The van der Waals surface area contributed by atoms with Gasteiger partial charge < -0.3 is 11.1 Å². The van der Waals surface area contributed by atoms with Crippen LogP contribution in [-0.4, -0.2) is 18.0 Å². The number of carbonyl (C=O) groups excluding carboxylic acids is 1. The van der Waals surface area contributed by atoms with Crippen LogP contribution in [0.2, 0.25) is 5.02 Å². The Balaban J connectivity index is 1.99. The minimum atomic E-state index is -0.451. The number of amides is 1. The van der Waals surface area contributed by atoms with Crippen LogP contribution < -0.4 is 11.1 Å². The first-order valence-electron chi connectivity index (χ1n) is 6.06. The highest BCUT2D eigenvalue weighted by molar-refractivity contribution is 6.31. The van der Waals surface area contributed by atoms with Crippen LogP contribution in [-0.2, 0) is 11.2 Å². The molecular formula is C13H16ClFN2O. The van der Waals surface area contributed by atoms with E-state index < -0.39 is 5.82 Å². The molecular weight excluding hydrogens is 255 g/mol. The fourth-order valence-corrected chi connectivity index (χ4v) is 2.52. The molecule has 3 N–H and O–H groups in total. The van der Waals surface area contributed by atoms with Crippen molar-refractivity contribution < 1.29 is 9.18 Å². The number of benzene rings is 1. The quantitative estimate of drug-likeness (QED) is 0.883. The van der Waals surface area contributed by atoms with Crippen molar-refractivity contribution in [1.29, 1.82) is 0 Å². The van der Waals surface area contributed by atoms with Crippen molar-refractivity contribution in [3.63, 3.8) is 0 Å². The molecule has 5 heteroatoms. The van der Waals surface area contributed by atoms with E-state index in [9.17, 15) is 9.18 Å². The second-order valence-electron chi connectivity index (χ2n) is 4.65. The third kappa shape index (κ3) is 3.00. The molecule has 0 radical (unpaired) electrons. The number of carbonyl (C=O) groups is 1. The van der Waals surface area contributed by atoms with Crippen LogP contribution >= 0.6 is 11.6 Å². The van der Waals surface area contributed by atoms with Gasteiger partial charge in [0.1, 0.15) is 5.82 Å². The lowest BCUT2D eigenvalue weighted by atomic mass is 10.1. The molecule has 98 valence electrons. The number of halogens is 2. The fourth-order valence-electron chi connectivity index (χ4n) is 2.29. The molecule has 1 amide bonds. The van der Waals surface area contributed by atoms with Crippen LogP contribution in [0.25, 0.3) is 0 Å². The highest BCUT2D eigenvalue weighted by Crippen LogP contribution is 2.20. The summed E-state index contributed by atoms with van der Waals surface area (Å²) in [5.74, 6) is -0.683.